The molecule has 0 unspecified atom stereocenters. The molecule has 3 nitrogen and oxygen atoms in total. The molecule has 0 saturated carbocycles. The van der Waals surface area contributed by atoms with Gasteiger partial charge in [-0.3, -0.25) is 4.90 Å². The van der Waals surface area contributed by atoms with Gasteiger partial charge in [0.05, 0.1) is 12.7 Å². The maximum absolute atomic E-state index is 13.8. The number of piperidine rings is 1. The molecular formula is C19H31FN2O. The van der Waals surface area contributed by atoms with E-state index in [0.717, 1.165) is 37.1 Å². The second-order valence-electron chi connectivity index (χ2n) is 7.60. The molecular weight excluding hydrogens is 291 g/mol. The van der Waals surface area contributed by atoms with Crippen LogP contribution in [-0.4, -0.2) is 36.7 Å². The quantitative estimate of drug-likeness (QED) is 0.899. The first-order chi connectivity index (χ1) is 10.8. The van der Waals surface area contributed by atoms with E-state index in [1.807, 2.05) is 13.0 Å². The molecule has 2 atom stereocenters. The lowest BCUT2D eigenvalue weighted by Gasteiger charge is -2.44. The van der Waals surface area contributed by atoms with E-state index in [4.69, 9.17) is 10.5 Å². The molecule has 0 radical (unpaired) electrons. The van der Waals surface area contributed by atoms with Gasteiger partial charge in [-0.25, -0.2) is 4.39 Å². The van der Waals surface area contributed by atoms with Gasteiger partial charge in [0.1, 0.15) is 5.82 Å². The van der Waals surface area contributed by atoms with Gasteiger partial charge >= 0.3 is 0 Å². The second-order valence-corrected chi connectivity index (χ2v) is 7.60. The van der Waals surface area contributed by atoms with Crippen molar-refractivity contribution in [2.24, 2.45) is 11.7 Å². The predicted octanol–water partition coefficient (Wildman–Crippen LogP) is 3.66. The van der Waals surface area contributed by atoms with Gasteiger partial charge in [-0.2, -0.15) is 0 Å². The largest absolute Gasteiger partial charge is 0.372 e. The number of aryl methyl sites for hydroxylation is 1. The highest BCUT2D eigenvalue weighted by atomic mass is 19.1. The van der Waals surface area contributed by atoms with Crippen molar-refractivity contribution in [3.05, 3.63) is 35.1 Å². The Balaban J connectivity index is 2.25. The summed E-state index contributed by atoms with van der Waals surface area (Å²) in [4.78, 5) is 2.51. The third-order valence-corrected chi connectivity index (χ3v) is 4.80. The van der Waals surface area contributed by atoms with Crippen molar-refractivity contribution in [2.45, 2.75) is 52.2 Å². The van der Waals surface area contributed by atoms with Crippen molar-refractivity contribution in [2.75, 3.05) is 26.2 Å². The lowest BCUT2D eigenvalue weighted by molar-refractivity contribution is -0.0291. The van der Waals surface area contributed by atoms with Crippen molar-refractivity contribution in [3.8, 4) is 0 Å². The SMILES string of the molecule is Cc1ccc(F)cc1[C@H](OCCN)[C@@H]1CCCN(C(C)(C)C)C1. The highest BCUT2D eigenvalue weighted by Crippen LogP contribution is 2.36. The summed E-state index contributed by atoms with van der Waals surface area (Å²) in [5.41, 5.74) is 7.84. The molecule has 1 heterocycles. The molecule has 4 heteroatoms. The van der Waals surface area contributed by atoms with E-state index in [9.17, 15) is 4.39 Å². The Morgan fingerprint density at radius 1 is 1.39 bits per heavy atom. The van der Waals surface area contributed by atoms with E-state index >= 15 is 0 Å². The number of likely N-dealkylation sites (tertiary alicyclic amines) is 1. The summed E-state index contributed by atoms with van der Waals surface area (Å²) < 4.78 is 19.9. The van der Waals surface area contributed by atoms with Crippen molar-refractivity contribution in [3.63, 3.8) is 0 Å². The summed E-state index contributed by atoms with van der Waals surface area (Å²) in [6.45, 7) is 11.9. The summed E-state index contributed by atoms with van der Waals surface area (Å²) >= 11 is 0. The Hall–Kier alpha value is -0.970. The molecule has 0 amide bonds. The second kappa shape index (κ2) is 7.73. The minimum atomic E-state index is -0.199. The van der Waals surface area contributed by atoms with Crippen LogP contribution < -0.4 is 5.73 Å². The van der Waals surface area contributed by atoms with Gasteiger partial charge in [0.2, 0.25) is 0 Å². The van der Waals surface area contributed by atoms with Crippen LogP contribution in [-0.2, 0) is 4.74 Å². The Bertz CT molecular complexity index is 513. The first kappa shape index (κ1) is 18.4. The first-order valence-electron chi connectivity index (χ1n) is 8.65. The highest BCUT2D eigenvalue weighted by molar-refractivity contribution is 5.29. The molecule has 1 aliphatic rings. The fraction of sp³-hybridized carbons (Fsp3) is 0.684. The fourth-order valence-electron chi connectivity index (χ4n) is 3.46. The number of benzene rings is 1. The number of nitrogens with zero attached hydrogens (tertiary/aromatic N) is 1. The summed E-state index contributed by atoms with van der Waals surface area (Å²) in [6.07, 6.45) is 2.18. The van der Waals surface area contributed by atoms with Crippen LogP contribution in [0.4, 0.5) is 4.39 Å². The van der Waals surface area contributed by atoms with Gasteiger partial charge in [0.25, 0.3) is 0 Å². The third kappa shape index (κ3) is 4.75. The third-order valence-electron chi connectivity index (χ3n) is 4.80. The van der Waals surface area contributed by atoms with E-state index in [2.05, 4.69) is 25.7 Å². The number of ether oxygens (including phenoxy) is 1. The van der Waals surface area contributed by atoms with E-state index in [0.29, 0.717) is 19.1 Å². The minimum Gasteiger partial charge on any atom is -0.372 e. The zero-order chi connectivity index (χ0) is 17.0. The summed E-state index contributed by atoms with van der Waals surface area (Å²) in [6, 6.07) is 4.99. The minimum absolute atomic E-state index is 0.0839. The monoisotopic (exact) mass is 322 g/mol. The Labute approximate surface area is 140 Å². The molecule has 23 heavy (non-hydrogen) atoms. The Morgan fingerprint density at radius 2 is 2.13 bits per heavy atom. The maximum atomic E-state index is 13.8. The van der Waals surface area contributed by atoms with Crippen LogP contribution in [0.2, 0.25) is 0 Å². The van der Waals surface area contributed by atoms with Crippen LogP contribution in [0.15, 0.2) is 18.2 Å². The molecule has 1 aliphatic heterocycles. The van der Waals surface area contributed by atoms with Crippen LogP contribution in [0.25, 0.3) is 0 Å². The molecule has 0 bridgehead atoms. The van der Waals surface area contributed by atoms with Crippen LogP contribution >= 0.6 is 0 Å². The molecule has 1 aromatic rings. The number of rotatable bonds is 5. The van der Waals surface area contributed by atoms with Crippen molar-refractivity contribution in [1.82, 2.24) is 4.90 Å². The number of hydrogen-bond acceptors (Lipinski definition) is 3. The Morgan fingerprint density at radius 3 is 2.78 bits per heavy atom. The Kier molecular flexibility index (Phi) is 6.18. The molecule has 1 aromatic carbocycles. The zero-order valence-electron chi connectivity index (χ0n) is 14.9. The van der Waals surface area contributed by atoms with E-state index < -0.39 is 0 Å². The molecule has 0 spiro atoms. The molecule has 0 aliphatic carbocycles. The van der Waals surface area contributed by atoms with E-state index in [-0.39, 0.29) is 17.5 Å². The normalized spacial score (nSPS) is 21.4. The predicted molar refractivity (Wildman–Crippen MR) is 92.9 cm³/mol. The maximum Gasteiger partial charge on any atom is 0.123 e. The molecule has 2 N–H and O–H groups in total. The van der Waals surface area contributed by atoms with Crippen LogP contribution in [0.3, 0.4) is 0 Å². The molecule has 130 valence electrons. The number of nitrogens with two attached hydrogens (primary N) is 1. The van der Waals surface area contributed by atoms with Gasteiger partial charge in [0.15, 0.2) is 0 Å². The van der Waals surface area contributed by atoms with Crippen LogP contribution in [0.5, 0.6) is 0 Å². The van der Waals surface area contributed by atoms with E-state index in [1.54, 1.807) is 6.07 Å². The number of hydrogen-bond donors (Lipinski definition) is 1. The molecule has 0 aromatic heterocycles. The van der Waals surface area contributed by atoms with Crippen LogP contribution in [0, 0.1) is 18.7 Å². The first-order valence-corrected chi connectivity index (χ1v) is 8.65. The summed E-state index contributed by atoms with van der Waals surface area (Å²) in [5.74, 6) is 0.172. The summed E-state index contributed by atoms with van der Waals surface area (Å²) in [7, 11) is 0. The standard InChI is InChI=1S/C19H31FN2O/c1-14-7-8-16(20)12-17(14)18(23-11-9-21)15-6-5-10-22(13-15)19(2,3)4/h7-8,12,15,18H,5-6,9-11,13,21H2,1-4H3/t15-,18-/m1/s1. The van der Waals surface area contributed by atoms with E-state index in [1.165, 1.54) is 6.07 Å². The van der Waals surface area contributed by atoms with Gasteiger partial charge in [-0.15, -0.1) is 0 Å². The topological polar surface area (TPSA) is 38.5 Å². The van der Waals surface area contributed by atoms with Crippen molar-refractivity contribution in [1.29, 1.82) is 0 Å². The van der Waals surface area contributed by atoms with Crippen LogP contribution in [0.1, 0.15) is 50.8 Å². The molecule has 1 saturated heterocycles. The lowest BCUT2D eigenvalue weighted by Crippen LogP contribution is -2.48. The zero-order valence-corrected chi connectivity index (χ0v) is 14.9. The smallest absolute Gasteiger partial charge is 0.123 e. The lowest BCUT2D eigenvalue weighted by atomic mass is 9.85. The highest BCUT2D eigenvalue weighted by Gasteiger charge is 2.33. The fourth-order valence-corrected chi connectivity index (χ4v) is 3.46. The van der Waals surface area contributed by atoms with Crippen molar-refractivity contribution >= 4 is 0 Å². The molecule has 1 fully saturated rings. The van der Waals surface area contributed by atoms with Crippen molar-refractivity contribution < 1.29 is 9.13 Å². The van der Waals surface area contributed by atoms with Gasteiger partial charge in [-0.05, 0) is 70.3 Å². The average Bonchev–Trinajstić information content (AvgIpc) is 2.50. The average molecular weight is 322 g/mol. The van der Waals surface area contributed by atoms with Gasteiger partial charge in [0, 0.05) is 24.5 Å². The van der Waals surface area contributed by atoms with Gasteiger partial charge < -0.3 is 10.5 Å². The number of halogens is 1. The molecule has 2 rings (SSSR count). The summed E-state index contributed by atoms with van der Waals surface area (Å²) in [5, 5.41) is 0. The van der Waals surface area contributed by atoms with Gasteiger partial charge in [-0.1, -0.05) is 6.07 Å².